The first-order chi connectivity index (χ1) is 14.7. The number of benzene rings is 2. The van der Waals surface area contributed by atoms with E-state index in [1.54, 1.807) is 0 Å². The maximum atomic E-state index is 12.5. The Labute approximate surface area is 178 Å². The molecule has 2 aromatic carbocycles. The van der Waals surface area contributed by atoms with Crippen LogP contribution in [0.2, 0.25) is 0 Å². The molecular weight excluding hydrogens is 411 g/mol. The molecule has 3 rings (SSSR count). The summed E-state index contributed by atoms with van der Waals surface area (Å²) in [5.74, 6) is -1.44. The lowest BCUT2D eigenvalue weighted by molar-refractivity contribution is -0.142. The average Bonchev–Trinajstić information content (AvgIpc) is 3.04. The lowest BCUT2D eigenvalue weighted by Gasteiger charge is -2.25. The highest BCUT2D eigenvalue weighted by atomic mass is 19.4. The minimum atomic E-state index is -4.28. The van der Waals surface area contributed by atoms with Gasteiger partial charge in [0, 0.05) is 19.4 Å². The van der Waals surface area contributed by atoms with E-state index in [9.17, 15) is 27.9 Å². The molecule has 8 heteroatoms. The predicted octanol–water partition coefficient (Wildman–Crippen LogP) is 5.44. The van der Waals surface area contributed by atoms with E-state index in [2.05, 4.69) is 0 Å². The van der Waals surface area contributed by atoms with E-state index in [1.807, 2.05) is 48.5 Å². The van der Waals surface area contributed by atoms with Gasteiger partial charge in [0.1, 0.15) is 12.6 Å². The molecule has 0 radical (unpaired) electrons. The van der Waals surface area contributed by atoms with E-state index in [0.717, 1.165) is 27.2 Å². The van der Waals surface area contributed by atoms with Crippen LogP contribution >= 0.6 is 0 Å². The fourth-order valence-electron chi connectivity index (χ4n) is 3.97. The molecule has 5 nitrogen and oxygen atoms in total. The quantitative estimate of drug-likeness (QED) is 0.561. The van der Waals surface area contributed by atoms with Gasteiger partial charge in [-0.25, -0.2) is 9.59 Å². The first kappa shape index (κ1) is 22.7. The maximum Gasteiger partial charge on any atom is 0.410 e. The molecule has 31 heavy (non-hydrogen) atoms. The van der Waals surface area contributed by atoms with Crippen molar-refractivity contribution in [3.8, 4) is 11.1 Å². The Hall–Kier alpha value is -3.03. The number of carbonyl (C=O) groups is 2. The maximum absolute atomic E-state index is 12.5. The van der Waals surface area contributed by atoms with Gasteiger partial charge in [0.15, 0.2) is 0 Å². The average molecular weight is 435 g/mol. The summed E-state index contributed by atoms with van der Waals surface area (Å²) in [5.41, 5.74) is 4.20. The van der Waals surface area contributed by atoms with Gasteiger partial charge in [0.25, 0.3) is 0 Å². The normalized spacial score (nSPS) is 13.9. The summed E-state index contributed by atoms with van der Waals surface area (Å²) in [6.45, 7) is 0.0393. The zero-order chi connectivity index (χ0) is 22.6. The van der Waals surface area contributed by atoms with Gasteiger partial charge in [-0.2, -0.15) is 13.2 Å². The molecule has 0 fully saturated rings. The molecule has 0 aliphatic heterocycles. The summed E-state index contributed by atoms with van der Waals surface area (Å²) in [6, 6.07) is 14.4. The van der Waals surface area contributed by atoms with Crippen molar-refractivity contribution in [2.75, 3.05) is 13.7 Å². The second-order valence-electron chi connectivity index (χ2n) is 7.63. The molecule has 0 aromatic heterocycles. The SMILES string of the molecule is CN(C(=O)OCC1c2ccccc2-c2ccccc21)[C@@H](CCCCC(F)(F)F)C(=O)O. The molecule has 2 aromatic rings. The number of fused-ring (bicyclic) bond motifs is 3. The number of nitrogens with zero attached hydrogens (tertiary/aromatic N) is 1. The van der Waals surface area contributed by atoms with Crippen molar-refractivity contribution in [1.82, 2.24) is 4.90 Å². The monoisotopic (exact) mass is 435 g/mol. The highest BCUT2D eigenvalue weighted by molar-refractivity contribution is 5.81. The topological polar surface area (TPSA) is 66.8 Å². The number of carboxylic acid groups (broad SMARTS) is 1. The molecule has 1 N–H and O–H groups in total. The van der Waals surface area contributed by atoms with Crippen LogP contribution in [0.5, 0.6) is 0 Å². The van der Waals surface area contributed by atoms with Crippen LogP contribution in [0.25, 0.3) is 11.1 Å². The minimum absolute atomic E-state index is 0.0392. The number of halogens is 3. The van der Waals surface area contributed by atoms with Gasteiger partial charge in [0.05, 0.1) is 0 Å². The molecule has 0 saturated carbocycles. The largest absolute Gasteiger partial charge is 0.480 e. The van der Waals surface area contributed by atoms with Crippen molar-refractivity contribution < 1.29 is 32.6 Å². The molecule has 1 aliphatic carbocycles. The molecule has 1 aliphatic rings. The summed E-state index contributed by atoms with van der Waals surface area (Å²) < 4.78 is 42.3. The van der Waals surface area contributed by atoms with E-state index in [1.165, 1.54) is 7.05 Å². The van der Waals surface area contributed by atoms with Crippen molar-refractivity contribution in [3.63, 3.8) is 0 Å². The smallest absolute Gasteiger partial charge is 0.410 e. The molecule has 0 heterocycles. The number of amides is 1. The first-order valence-electron chi connectivity index (χ1n) is 10.1. The highest BCUT2D eigenvalue weighted by Crippen LogP contribution is 2.44. The number of aliphatic carboxylic acids is 1. The molecule has 1 atom stereocenters. The van der Waals surface area contributed by atoms with E-state index >= 15 is 0 Å². The Bertz CT molecular complexity index is 899. The molecule has 1 amide bonds. The van der Waals surface area contributed by atoms with Crippen LogP contribution in [-0.2, 0) is 9.53 Å². The molecule has 0 spiro atoms. The Morgan fingerprint density at radius 3 is 2.10 bits per heavy atom. The highest BCUT2D eigenvalue weighted by Gasteiger charge is 2.32. The molecule has 0 bridgehead atoms. The Morgan fingerprint density at radius 2 is 1.58 bits per heavy atom. The number of ether oxygens (including phenoxy) is 1. The Kier molecular flexibility index (Phi) is 6.87. The van der Waals surface area contributed by atoms with E-state index < -0.39 is 30.7 Å². The second-order valence-corrected chi connectivity index (χ2v) is 7.63. The lowest BCUT2D eigenvalue weighted by Crippen LogP contribution is -2.43. The number of rotatable bonds is 8. The third-order valence-corrected chi connectivity index (χ3v) is 5.56. The Morgan fingerprint density at radius 1 is 1.03 bits per heavy atom. The summed E-state index contributed by atoms with van der Waals surface area (Å²) in [6.07, 6.45) is -6.30. The number of hydrogen-bond donors (Lipinski definition) is 1. The van der Waals surface area contributed by atoms with Crippen LogP contribution in [0.1, 0.15) is 42.7 Å². The summed E-state index contributed by atoms with van der Waals surface area (Å²) in [7, 11) is 1.29. The van der Waals surface area contributed by atoms with E-state index in [-0.39, 0.29) is 31.8 Å². The summed E-state index contributed by atoms with van der Waals surface area (Å²) in [5, 5.41) is 9.42. The third-order valence-electron chi connectivity index (χ3n) is 5.56. The fraction of sp³-hybridized carbons (Fsp3) is 0.391. The van der Waals surface area contributed by atoms with Crippen molar-refractivity contribution in [3.05, 3.63) is 59.7 Å². The molecular formula is C23H24F3NO4. The van der Waals surface area contributed by atoms with Crippen LogP contribution < -0.4 is 0 Å². The second kappa shape index (κ2) is 9.41. The number of carboxylic acids is 1. The fourth-order valence-corrected chi connectivity index (χ4v) is 3.97. The molecule has 0 unspecified atom stereocenters. The van der Waals surface area contributed by atoms with Crippen molar-refractivity contribution in [1.29, 1.82) is 0 Å². The van der Waals surface area contributed by atoms with Gasteiger partial charge in [0.2, 0.25) is 0 Å². The molecule has 0 saturated heterocycles. The zero-order valence-corrected chi connectivity index (χ0v) is 17.1. The summed E-state index contributed by atoms with van der Waals surface area (Å²) in [4.78, 5) is 25.0. The van der Waals surface area contributed by atoms with Crippen LogP contribution in [0.15, 0.2) is 48.5 Å². The minimum Gasteiger partial charge on any atom is -0.480 e. The van der Waals surface area contributed by atoms with Crippen molar-refractivity contribution in [2.45, 2.75) is 43.8 Å². The van der Waals surface area contributed by atoms with Crippen LogP contribution in [0.3, 0.4) is 0 Å². The standard InChI is InChI=1S/C23H24F3NO4/c1-27(20(21(28)29)12-6-7-13-23(24,25)26)22(30)31-14-19-17-10-4-2-8-15(17)16-9-3-5-11-18(16)19/h2-5,8-11,19-20H,6-7,12-14H2,1H3,(H,28,29)/t20-/m0/s1. The van der Waals surface area contributed by atoms with Gasteiger partial charge < -0.3 is 9.84 Å². The van der Waals surface area contributed by atoms with E-state index in [0.29, 0.717) is 0 Å². The van der Waals surface area contributed by atoms with Crippen molar-refractivity contribution in [2.24, 2.45) is 0 Å². The first-order valence-corrected chi connectivity index (χ1v) is 10.1. The Balaban J connectivity index is 1.62. The number of alkyl halides is 3. The third kappa shape index (κ3) is 5.37. The van der Waals surface area contributed by atoms with Gasteiger partial charge >= 0.3 is 18.2 Å². The summed E-state index contributed by atoms with van der Waals surface area (Å²) >= 11 is 0. The van der Waals surface area contributed by atoms with Crippen molar-refractivity contribution >= 4 is 12.1 Å². The lowest BCUT2D eigenvalue weighted by atomic mass is 9.98. The van der Waals surface area contributed by atoms with Gasteiger partial charge in [-0.3, -0.25) is 4.90 Å². The number of hydrogen-bond acceptors (Lipinski definition) is 3. The number of likely N-dealkylation sites (N-methyl/N-ethyl adjacent to an activating group) is 1. The van der Waals surface area contributed by atoms with Gasteiger partial charge in [-0.05, 0) is 35.1 Å². The van der Waals surface area contributed by atoms with E-state index in [4.69, 9.17) is 4.74 Å². The number of carbonyl (C=O) groups excluding carboxylic acids is 1. The number of unbranched alkanes of at least 4 members (excludes halogenated alkanes) is 1. The zero-order valence-electron chi connectivity index (χ0n) is 17.1. The van der Waals surface area contributed by atoms with Crippen LogP contribution in [0, 0.1) is 0 Å². The molecule has 166 valence electrons. The van der Waals surface area contributed by atoms with Gasteiger partial charge in [-0.15, -0.1) is 0 Å². The van der Waals surface area contributed by atoms with Crippen LogP contribution in [-0.4, -0.2) is 47.9 Å². The predicted molar refractivity (Wildman–Crippen MR) is 109 cm³/mol. The van der Waals surface area contributed by atoms with Gasteiger partial charge in [-0.1, -0.05) is 55.0 Å². The van der Waals surface area contributed by atoms with Crippen LogP contribution in [0.4, 0.5) is 18.0 Å².